The molecule has 1 fully saturated rings. The highest BCUT2D eigenvalue weighted by atomic mass is 35.5. The van der Waals surface area contributed by atoms with Crippen LogP contribution in [0.1, 0.15) is 35.2 Å². The maximum Gasteiger partial charge on any atom is 0.285 e. The van der Waals surface area contributed by atoms with Crippen molar-refractivity contribution in [3.05, 3.63) is 39.4 Å². The highest BCUT2D eigenvalue weighted by molar-refractivity contribution is 5.98. The highest BCUT2D eigenvalue weighted by Crippen LogP contribution is 2.22. The number of amides is 1. The van der Waals surface area contributed by atoms with Crippen molar-refractivity contribution in [2.45, 2.75) is 32.2 Å². The van der Waals surface area contributed by atoms with Gasteiger partial charge in [0.05, 0.1) is 4.92 Å². The third-order valence-electron chi connectivity index (χ3n) is 3.61. The molecule has 0 bridgehead atoms. The average molecular weight is 314 g/mol. The van der Waals surface area contributed by atoms with Crippen LogP contribution in [-0.4, -0.2) is 30.0 Å². The minimum absolute atomic E-state index is 0. The van der Waals surface area contributed by atoms with E-state index in [0.29, 0.717) is 18.2 Å². The van der Waals surface area contributed by atoms with Crippen LogP contribution in [0.25, 0.3) is 0 Å². The van der Waals surface area contributed by atoms with Gasteiger partial charge in [-0.25, -0.2) is 0 Å². The summed E-state index contributed by atoms with van der Waals surface area (Å²) in [5, 5.41) is 17.2. The molecule has 1 aliphatic rings. The Balaban J connectivity index is 0.00000220. The molecular weight excluding hydrogens is 294 g/mol. The summed E-state index contributed by atoms with van der Waals surface area (Å²) in [6.45, 7) is 3.20. The number of nitro benzene ring substituents is 1. The maximum atomic E-state index is 12.1. The molecule has 21 heavy (non-hydrogen) atoms. The van der Waals surface area contributed by atoms with Gasteiger partial charge in [0.2, 0.25) is 0 Å². The molecule has 7 heteroatoms. The summed E-state index contributed by atoms with van der Waals surface area (Å²) in [4.78, 5) is 22.6. The summed E-state index contributed by atoms with van der Waals surface area (Å²) in [6, 6.07) is 5.24. The predicted molar refractivity (Wildman–Crippen MR) is 83.1 cm³/mol. The van der Waals surface area contributed by atoms with Gasteiger partial charge in [-0.1, -0.05) is 12.1 Å². The molecule has 0 aliphatic carbocycles. The Hall–Kier alpha value is -1.66. The molecule has 2 rings (SSSR count). The van der Waals surface area contributed by atoms with E-state index in [2.05, 4.69) is 10.6 Å². The summed E-state index contributed by atoms with van der Waals surface area (Å²) in [5.41, 5.74) is 0.526. The standard InChI is InChI=1S/C14H19N3O3.ClH/c1-10-4-2-6-12(13(10)17(19)20)14(18)16-9-7-11-5-3-8-15-11;/h2,4,6,11,15H,3,5,7-9H2,1H3,(H,16,18);1H/t11-;/m1./s1. The van der Waals surface area contributed by atoms with Gasteiger partial charge in [0.15, 0.2) is 0 Å². The van der Waals surface area contributed by atoms with Gasteiger partial charge in [-0.3, -0.25) is 14.9 Å². The van der Waals surface area contributed by atoms with Gasteiger partial charge in [-0.2, -0.15) is 0 Å². The van der Waals surface area contributed by atoms with Crippen LogP contribution in [0.5, 0.6) is 0 Å². The Bertz CT molecular complexity index is 516. The lowest BCUT2D eigenvalue weighted by atomic mass is 10.1. The Morgan fingerprint density at radius 2 is 2.29 bits per heavy atom. The first-order chi connectivity index (χ1) is 9.59. The molecule has 1 aromatic rings. The van der Waals surface area contributed by atoms with Gasteiger partial charge in [-0.15, -0.1) is 12.4 Å². The first-order valence-electron chi connectivity index (χ1n) is 6.85. The Morgan fingerprint density at radius 1 is 1.52 bits per heavy atom. The van der Waals surface area contributed by atoms with Crippen molar-refractivity contribution in [3.63, 3.8) is 0 Å². The van der Waals surface area contributed by atoms with Crippen molar-refractivity contribution < 1.29 is 9.72 Å². The Kier molecular flexibility index (Phi) is 6.58. The van der Waals surface area contributed by atoms with Crippen LogP contribution in [-0.2, 0) is 0 Å². The zero-order valence-corrected chi connectivity index (χ0v) is 12.7. The van der Waals surface area contributed by atoms with Gasteiger partial charge in [0.1, 0.15) is 5.56 Å². The summed E-state index contributed by atoms with van der Waals surface area (Å²) >= 11 is 0. The number of nitrogens with one attached hydrogen (secondary N) is 2. The van der Waals surface area contributed by atoms with Crippen LogP contribution < -0.4 is 10.6 Å². The molecule has 0 saturated carbocycles. The van der Waals surface area contributed by atoms with E-state index in [-0.39, 0.29) is 29.6 Å². The zero-order valence-electron chi connectivity index (χ0n) is 11.9. The van der Waals surface area contributed by atoms with Crippen molar-refractivity contribution in [2.75, 3.05) is 13.1 Å². The molecule has 0 aromatic heterocycles. The van der Waals surface area contributed by atoms with Gasteiger partial charge < -0.3 is 10.6 Å². The number of nitro groups is 1. The molecule has 116 valence electrons. The molecule has 1 heterocycles. The smallest absolute Gasteiger partial charge is 0.285 e. The van der Waals surface area contributed by atoms with E-state index in [1.807, 2.05) is 0 Å². The van der Waals surface area contributed by atoms with Crippen molar-refractivity contribution in [1.82, 2.24) is 10.6 Å². The number of benzene rings is 1. The highest BCUT2D eigenvalue weighted by Gasteiger charge is 2.22. The van der Waals surface area contributed by atoms with Gasteiger partial charge in [-0.05, 0) is 38.8 Å². The molecule has 0 unspecified atom stereocenters. The summed E-state index contributed by atoms with van der Waals surface area (Å²) in [6.07, 6.45) is 3.15. The fourth-order valence-electron chi connectivity index (χ4n) is 2.54. The number of aryl methyl sites for hydroxylation is 1. The van der Waals surface area contributed by atoms with Crippen LogP contribution in [0.2, 0.25) is 0 Å². The number of halogens is 1. The number of hydrogen-bond donors (Lipinski definition) is 2. The van der Waals surface area contributed by atoms with Gasteiger partial charge in [0.25, 0.3) is 11.6 Å². The number of rotatable bonds is 5. The molecule has 0 radical (unpaired) electrons. The summed E-state index contributed by atoms with van der Waals surface area (Å²) in [5.74, 6) is -0.376. The van der Waals surface area contributed by atoms with E-state index < -0.39 is 4.92 Å². The van der Waals surface area contributed by atoms with Crippen molar-refractivity contribution >= 4 is 24.0 Å². The molecule has 1 atom stereocenters. The SMILES string of the molecule is Cc1cccc(C(=O)NCC[C@H]2CCCN2)c1[N+](=O)[O-].Cl. The fraction of sp³-hybridized carbons (Fsp3) is 0.500. The first kappa shape index (κ1) is 17.4. The van der Waals surface area contributed by atoms with Crippen LogP contribution in [0.3, 0.4) is 0 Å². The Labute approximate surface area is 129 Å². The lowest BCUT2D eigenvalue weighted by molar-refractivity contribution is -0.385. The van der Waals surface area contributed by atoms with Crippen molar-refractivity contribution in [1.29, 1.82) is 0 Å². The van der Waals surface area contributed by atoms with E-state index in [9.17, 15) is 14.9 Å². The normalized spacial score (nSPS) is 17.1. The topological polar surface area (TPSA) is 84.3 Å². The number of carbonyl (C=O) groups is 1. The summed E-state index contributed by atoms with van der Waals surface area (Å²) < 4.78 is 0. The quantitative estimate of drug-likeness (QED) is 0.644. The minimum Gasteiger partial charge on any atom is -0.352 e. The number of nitrogens with zero attached hydrogens (tertiary/aromatic N) is 1. The number of hydrogen-bond acceptors (Lipinski definition) is 4. The van der Waals surface area contributed by atoms with Crippen LogP contribution in [0, 0.1) is 17.0 Å². The maximum absolute atomic E-state index is 12.1. The van der Waals surface area contributed by atoms with E-state index in [1.165, 1.54) is 12.5 Å². The average Bonchev–Trinajstić information content (AvgIpc) is 2.91. The predicted octanol–water partition coefficient (Wildman–Crippen LogP) is 2.20. The third kappa shape index (κ3) is 4.41. The molecule has 6 nitrogen and oxygen atoms in total. The first-order valence-corrected chi connectivity index (χ1v) is 6.85. The second-order valence-electron chi connectivity index (χ2n) is 5.07. The van der Waals surface area contributed by atoms with E-state index >= 15 is 0 Å². The van der Waals surface area contributed by atoms with Crippen LogP contribution >= 0.6 is 12.4 Å². The Morgan fingerprint density at radius 3 is 2.90 bits per heavy atom. The second-order valence-corrected chi connectivity index (χ2v) is 5.07. The fourth-order valence-corrected chi connectivity index (χ4v) is 2.54. The van der Waals surface area contributed by atoms with E-state index in [1.54, 1.807) is 19.1 Å². The minimum atomic E-state index is -0.497. The zero-order chi connectivity index (χ0) is 14.5. The molecular formula is C14H20ClN3O3. The second kappa shape index (κ2) is 7.95. The van der Waals surface area contributed by atoms with E-state index in [4.69, 9.17) is 0 Å². The van der Waals surface area contributed by atoms with E-state index in [0.717, 1.165) is 19.4 Å². The van der Waals surface area contributed by atoms with Crippen molar-refractivity contribution in [3.8, 4) is 0 Å². The molecule has 1 aromatic carbocycles. The number of carbonyl (C=O) groups excluding carboxylic acids is 1. The van der Waals surface area contributed by atoms with Gasteiger partial charge >= 0.3 is 0 Å². The van der Waals surface area contributed by atoms with Crippen LogP contribution in [0.4, 0.5) is 5.69 Å². The molecule has 1 amide bonds. The summed E-state index contributed by atoms with van der Waals surface area (Å²) in [7, 11) is 0. The third-order valence-corrected chi connectivity index (χ3v) is 3.61. The van der Waals surface area contributed by atoms with Crippen molar-refractivity contribution in [2.24, 2.45) is 0 Å². The lowest BCUT2D eigenvalue weighted by Crippen LogP contribution is -2.31. The monoisotopic (exact) mass is 313 g/mol. The molecule has 1 aliphatic heterocycles. The van der Waals surface area contributed by atoms with Gasteiger partial charge in [0, 0.05) is 18.2 Å². The molecule has 2 N–H and O–H groups in total. The molecule has 0 spiro atoms. The lowest BCUT2D eigenvalue weighted by Gasteiger charge is -2.11. The van der Waals surface area contributed by atoms with Crippen LogP contribution in [0.15, 0.2) is 18.2 Å². The largest absolute Gasteiger partial charge is 0.352 e. The molecule has 1 saturated heterocycles. The number of para-hydroxylation sites is 1.